The molecule has 1 aromatic carbocycles. The predicted molar refractivity (Wildman–Crippen MR) is 93.9 cm³/mol. The number of aliphatic hydroxyl groups excluding tert-OH is 1. The maximum Gasteiger partial charge on any atom is 0.407 e. The second-order valence-electron chi connectivity index (χ2n) is 6.89. The van der Waals surface area contributed by atoms with Crippen LogP contribution in [0, 0.1) is 0 Å². The van der Waals surface area contributed by atoms with E-state index in [4.69, 9.17) is 5.11 Å². The maximum absolute atomic E-state index is 11.1. The number of nitrogens with zero attached hydrogens (tertiary/aromatic N) is 4. The van der Waals surface area contributed by atoms with Crippen molar-refractivity contribution in [3.05, 3.63) is 30.2 Å². The molecule has 0 bridgehead atoms. The first kappa shape index (κ1) is 16.1. The number of carboxylic acid groups (broad SMARTS) is 1. The number of anilines is 1. The van der Waals surface area contributed by atoms with Gasteiger partial charge in [-0.15, -0.1) is 0 Å². The summed E-state index contributed by atoms with van der Waals surface area (Å²) in [4.78, 5) is 23.7. The quantitative estimate of drug-likeness (QED) is 0.868. The van der Waals surface area contributed by atoms with Crippen molar-refractivity contribution in [2.24, 2.45) is 0 Å². The number of fused-ring (bicyclic) bond motifs is 1. The van der Waals surface area contributed by atoms with E-state index >= 15 is 0 Å². The van der Waals surface area contributed by atoms with Gasteiger partial charge in [-0.3, -0.25) is 0 Å². The van der Waals surface area contributed by atoms with Gasteiger partial charge < -0.3 is 20.0 Å². The molecule has 2 aromatic rings. The smallest absolute Gasteiger partial charge is 0.407 e. The van der Waals surface area contributed by atoms with Crippen molar-refractivity contribution in [3.63, 3.8) is 0 Å². The second kappa shape index (κ2) is 6.48. The Kier molecular flexibility index (Phi) is 4.17. The number of aliphatic hydroxyl groups is 1. The van der Waals surface area contributed by atoms with Crippen LogP contribution in [0.2, 0.25) is 0 Å². The van der Waals surface area contributed by atoms with Gasteiger partial charge in [-0.05, 0) is 37.5 Å². The van der Waals surface area contributed by atoms with Crippen LogP contribution in [0.3, 0.4) is 0 Å². The van der Waals surface area contributed by atoms with Gasteiger partial charge in [0.2, 0.25) is 0 Å². The van der Waals surface area contributed by atoms with Crippen LogP contribution in [0.4, 0.5) is 10.5 Å². The molecule has 2 N–H and O–H groups in total. The number of rotatable bonds is 2. The summed E-state index contributed by atoms with van der Waals surface area (Å²) >= 11 is 0. The van der Waals surface area contributed by atoms with Crippen molar-refractivity contribution >= 4 is 22.7 Å². The van der Waals surface area contributed by atoms with Crippen molar-refractivity contribution in [2.75, 3.05) is 31.1 Å². The number of benzene rings is 1. The minimum Gasteiger partial charge on any atom is -0.465 e. The summed E-state index contributed by atoms with van der Waals surface area (Å²) in [5.41, 5.74) is 3.00. The van der Waals surface area contributed by atoms with E-state index in [1.807, 2.05) is 0 Å². The highest BCUT2D eigenvalue weighted by atomic mass is 16.4. The Morgan fingerprint density at radius 3 is 2.60 bits per heavy atom. The molecule has 2 aliphatic rings. The predicted octanol–water partition coefficient (Wildman–Crippen LogP) is 2.06. The lowest BCUT2D eigenvalue weighted by molar-refractivity contribution is 0.132. The molecule has 7 nitrogen and oxygen atoms in total. The third kappa shape index (κ3) is 3.11. The van der Waals surface area contributed by atoms with Crippen LogP contribution < -0.4 is 4.90 Å². The zero-order chi connectivity index (χ0) is 17.4. The van der Waals surface area contributed by atoms with Crippen LogP contribution in [0.15, 0.2) is 24.5 Å². The number of carbonyl (C=O) groups is 1. The Morgan fingerprint density at radius 2 is 1.92 bits per heavy atom. The molecule has 0 spiro atoms. The summed E-state index contributed by atoms with van der Waals surface area (Å²) < 4.78 is 0. The standard InChI is InChI=1S/C18H22N4O3/c23-14-5-8-22(10-14)13-1-2-15-16(9-13)19-11-20-17(15)12-3-6-21(7-4-12)18(24)25/h1-2,9,11-12,14,23H,3-8,10H2,(H,24,25)/t14-/m1/s1. The molecule has 1 aromatic heterocycles. The maximum atomic E-state index is 11.1. The van der Waals surface area contributed by atoms with E-state index in [1.165, 1.54) is 4.90 Å². The van der Waals surface area contributed by atoms with Crippen molar-refractivity contribution in [3.8, 4) is 0 Å². The first-order valence-electron chi connectivity index (χ1n) is 8.77. The lowest BCUT2D eigenvalue weighted by Crippen LogP contribution is -2.37. The molecule has 7 heteroatoms. The van der Waals surface area contributed by atoms with E-state index in [0.717, 1.165) is 48.1 Å². The van der Waals surface area contributed by atoms with Gasteiger partial charge >= 0.3 is 6.09 Å². The zero-order valence-electron chi connectivity index (χ0n) is 14.0. The second-order valence-corrected chi connectivity index (χ2v) is 6.89. The topological polar surface area (TPSA) is 89.8 Å². The summed E-state index contributed by atoms with van der Waals surface area (Å²) in [7, 11) is 0. The Bertz CT molecular complexity index is 789. The molecular weight excluding hydrogens is 320 g/mol. The first-order chi connectivity index (χ1) is 12.1. The van der Waals surface area contributed by atoms with E-state index in [2.05, 4.69) is 33.1 Å². The SMILES string of the molecule is O=C(O)N1CCC(c2ncnc3cc(N4CC[C@@H](O)C4)ccc23)CC1. The van der Waals surface area contributed by atoms with E-state index in [9.17, 15) is 9.90 Å². The molecule has 25 heavy (non-hydrogen) atoms. The summed E-state index contributed by atoms with van der Waals surface area (Å²) in [5.74, 6) is 0.264. The fourth-order valence-electron chi connectivity index (χ4n) is 3.91. The van der Waals surface area contributed by atoms with E-state index < -0.39 is 6.09 Å². The molecule has 0 radical (unpaired) electrons. The summed E-state index contributed by atoms with van der Waals surface area (Å²) in [6, 6.07) is 6.19. The number of β-amino-alcohol motifs (C(OH)–C–C–N with tert-alkyl or cyclic N) is 1. The minimum atomic E-state index is -0.844. The number of piperidine rings is 1. The highest BCUT2D eigenvalue weighted by Gasteiger charge is 2.26. The summed E-state index contributed by atoms with van der Waals surface area (Å²) in [6.45, 7) is 2.62. The van der Waals surface area contributed by atoms with Gasteiger partial charge in [-0.1, -0.05) is 0 Å². The molecule has 0 saturated carbocycles. The Morgan fingerprint density at radius 1 is 1.12 bits per heavy atom. The molecule has 0 aliphatic carbocycles. The highest BCUT2D eigenvalue weighted by molar-refractivity contribution is 5.84. The average molecular weight is 342 g/mol. The molecule has 2 fully saturated rings. The van der Waals surface area contributed by atoms with Crippen LogP contribution in [0.5, 0.6) is 0 Å². The molecule has 2 saturated heterocycles. The van der Waals surface area contributed by atoms with Crippen molar-refractivity contribution in [2.45, 2.75) is 31.3 Å². The van der Waals surface area contributed by atoms with Gasteiger partial charge in [0.25, 0.3) is 0 Å². The van der Waals surface area contributed by atoms with Gasteiger partial charge in [0.1, 0.15) is 6.33 Å². The Hall–Kier alpha value is -2.41. The number of hydrogen-bond donors (Lipinski definition) is 2. The number of amides is 1. The molecule has 0 unspecified atom stereocenters. The van der Waals surface area contributed by atoms with Crippen LogP contribution in [-0.2, 0) is 0 Å². The van der Waals surface area contributed by atoms with Gasteiger partial charge in [0, 0.05) is 43.2 Å². The van der Waals surface area contributed by atoms with Crippen LogP contribution in [0.25, 0.3) is 10.9 Å². The number of likely N-dealkylation sites (tertiary alicyclic amines) is 1. The monoisotopic (exact) mass is 342 g/mol. The Labute approximate surface area is 145 Å². The fourth-order valence-corrected chi connectivity index (χ4v) is 3.91. The van der Waals surface area contributed by atoms with Gasteiger partial charge in [0.15, 0.2) is 0 Å². The van der Waals surface area contributed by atoms with Gasteiger partial charge in [0.05, 0.1) is 17.3 Å². The summed E-state index contributed by atoms with van der Waals surface area (Å²) in [6.07, 6.45) is 2.88. The largest absolute Gasteiger partial charge is 0.465 e. The number of hydrogen-bond acceptors (Lipinski definition) is 5. The van der Waals surface area contributed by atoms with Gasteiger partial charge in [-0.25, -0.2) is 14.8 Å². The lowest BCUT2D eigenvalue weighted by Gasteiger charge is -2.30. The third-order valence-corrected chi connectivity index (χ3v) is 5.33. The first-order valence-corrected chi connectivity index (χ1v) is 8.77. The van der Waals surface area contributed by atoms with E-state index in [1.54, 1.807) is 6.33 Å². The molecule has 132 valence electrons. The van der Waals surface area contributed by atoms with E-state index in [-0.39, 0.29) is 12.0 Å². The zero-order valence-corrected chi connectivity index (χ0v) is 14.0. The van der Waals surface area contributed by atoms with Crippen molar-refractivity contribution < 1.29 is 15.0 Å². The van der Waals surface area contributed by atoms with Crippen molar-refractivity contribution in [1.29, 1.82) is 0 Å². The molecule has 1 atom stereocenters. The van der Waals surface area contributed by atoms with Crippen LogP contribution in [-0.4, -0.2) is 63.5 Å². The van der Waals surface area contributed by atoms with Crippen LogP contribution in [0.1, 0.15) is 30.9 Å². The molecule has 3 heterocycles. The minimum absolute atomic E-state index is 0.254. The van der Waals surface area contributed by atoms with E-state index in [0.29, 0.717) is 19.6 Å². The fraction of sp³-hybridized carbons (Fsp3) is 0.500. The van der Waals surface area contributed by atoms with Crippen molar-refractivity contribution in [1.82, 2.24) is 14.9 Å². The summed E-state index contributed by atoms with van der Waals surface area (Å²) in [5, 5.41) is 19.9. The third-order valence-electron chi connectivity index (χ3n) is 5.33. The molecule has 1 amide bonds. The molecule has 2 aliphatic heterocycles. The Balaban J connectivity index is 1.59. The number of aromatic nitrogens is 2. The van der Waals surface area contributed by atoms with Gasteiger partial charge in [-0.2, -0.15) is 0 Å². The molecule has 4 rings (SSSR count). The molecular formula is C18H22N4O3. The average Bonchev–Trinajstić information content (AvgIpc) is 3.07. The highest BCUT2D eigenvalue weighted by Crippen LogP contribution is 2.32. The van der Waals surface area contributed by atoms with Crippen LogP contribution >= 0.6 is 0 Å². The lowest BCUT2D eigenvalue weighted by atomic mass is 9.91. The normalized spacial score (nSPS) is 21.9.